The van der Waals surface area contributed by atoms with E-state index in [0.29, 0.717) is 25.3 Å². The number of sulfonamides is 1. The molecule has 8 heteroatoms. The molecule has 0 aromatic heterocycles. The molecule has 0 bridgehead atoms. The van der Waals surface area contributed by atoms with Crippen LogP contribution in [0.4, 0.5) is 0 Å². The first-order chi connectivity index (χ1) is 11.9. The number of piperazine rings is 1. The first-order valence-electron chi connectivity index (χ1n) is 8.46. The zero-order valence-corrected chi connectivity index (χ0v) is 15.7. The number of rotatable bonds is 8. The molecule has 1 aromatic carbocycles. The standard InChI is InChI=1S/C17H27N3O4S/c1-18(2)25(22,23)14-6-9-19-10-12-20(13-11-19)17(21)15-24-16-7-4-3-5-8-16/h3-5,7-8H,6,9-15H2,1-2H3. The Morgan fingerprint density at radius 2 is 1.76 bits per heavy atom. The molecule has 0 atom stereocenters. The summed E-state index contributed by atoms with van der Waals surface area (Å²) in [5.74, 6) is 0.833. The zero-order chi connectivity index (χ0) is 18.3. The quantitative estimate of drug-likeness (QED) is 0.667. The van der Waals surface area contributed by atoms with Crippen LogP contribution in [0.1, 0.15) is 6.42 Å². The summed E-state index contributed by atoms with van der Waals surface area (Å²) < 4.78 is 30.2. The highest BCUT2D eigenvalue weighted by molar-refractivity contribution is 7.89. The van der Waals surface area contributed by atoms with Gasteiger partial charge in [-0.15, -0.1) is 0 Å². The average molecular weight is 369 g/mol. The van der Waals surface area contributed by atoms with Crippen LogP contribution in [0.25, 0.3) is 0 Å². The molecule has 0 aliphatic carbocycles. The maximum atomic E-state index is 12.2. The molecule has 0 radical (unpaired) electrons. The molecule has 7 nitrogen and oxygen atoms in total. The monoisotopic (exact) mass is 369 g/mol. The minimum atomic E-state index is -3.13. The van der Waals surface area contributed by atoms with Gasteiger partial charge in [0.05, 0.1) is 5.75 Å². The van der Waals surface area contributed by atoms with Gasteiger partial charge >= 0.3 is 0 Å². The van der Waals surface area contributed by atoms with Crippen LogP contribution in [-0.4, -0.2) is 87.6 Å². The van der Waals surface area contributed by atoms with Crippen LogP contribution in [0, 0.1) is 0 Å². The van der Waals surface area contributed by atoms with Crippen LogP contribution in [0.5, 0.6) is 5.75 Å². The number of amides is 1. The van der Waals surface area contributed by atoms with Crippen molar-refractivity contribution >= 4 is 15.9 Å². The van der Waals surface area contributed by atoms with Gasteiger partial charge in [-0.25, -0.2) is 12.7 Å². The molecular formula is C17H27N3O4S. The fraction of sp³-hybridized carbons (Fsp3) is 0.588. The van der Waals surface area contributed by atoms with Crippen molar-refractivity contribution in [1.82, 2.24) is 14.1 Å². The Kier molecular flexibility index (Phi) is 7.22. The molecule has 1 fully saturated rings. The highest BCUT2D eigenvalue weighted by atomic mass is 32.2. The smallest absolute Gasteiger partial charge is 0.260 e. The normalized spacial score (nSPS) is 16.2. The molecule has 1 aromatic rings. The van der Waals surface area contributed by atoms with Gasteiger partial charge in [0, 0.05) is 40.3 Å². The second-order valence-electron chi connectivity index (χ2n) is 6.28. The maximum Gasteiger partial charge on any atom is 0.260 e. The van der Waals surface area contributed by atoms with E-state index in [-0.39, 0.29) is 18.3 Å². The lowest BCUT2D eigenvalue weighted by Crippen LogP contribution is -2.50. The van der Waals surface area contributed by atoms with Gasteiger partial charge in [-0.2, -0.15) is 0 Å². The van der Waals surface area contributed by atoms with E-state index in [1.165, 1.54) is 4.31 Å². The van der Waals surface area contributed by atoms with Crippen molar-refractivity contribution in [3.8, 4) is 5.75 Å². The van der Waals surface area contributed by atoms with Gasteiger partial charge < -0.3 is 9.64 Å². The van der Waals surface area contributed by atoms with Crippen LogP contribution in [0.2, 0.25) is 0 Å². The predicted molar refractivity (Wildman–Crippen MR) is 97.0 cm³/mol. The lowest BCUT2D eigenvalue weighted by atomic mass is 10.3. The first kappa shape index (κ1) is 19.7. The Bertz CT molecular complexity index is 641. The van der Waals surface area contributed by atoms with E-state index in [2.05, 4.69) is 4.90 Å². The number of benzene rings is 1. The highest BCUT2D eigenvalue weighted by Crippen LogP contribution is 2.09. The van der Waals surface area contributed by atoms with Crippen molar-refractivity contribution in [1.29, 1.82) is 0 Å². The molecule has 1 aliphatic heterocycles. The Balaban J connectivity index is 1.66. The summed E-state index contributed by atoms with van der Waals surface area (Å²) in [5, 5.41) is 0. The lowest BCUT2D eigenvalue weighted by molar-refractivity contribution is -0.135. The Morgan fingerprint density at radius 3 is 2.36 bits per heavy atom. The Morgan fingerprint density at radius 1 is 1.12 bits per heavy atom. The average Bonchev–Trinajstić information content (AvgIpc) is 2.61. The summed E-state index contributed by atoms with van der Waals surface area (Å²) >= 11 is 0. The number of hydrogen-bond acceptors (Lipinski definition) is 5. The number of carbonyl (C=O) groups excluding carboxylic acids is 1. The molecule has 2 rings (SSSR count). The molecule has 140 valence electrons. The van der Waals surface area contributed by atoms with E-state index in [1.54, 1.807) is 19.0 Å². The number of hydrogen-bond donors (Lipinski definition) is 0. The first-order valence-corrected chi connectivity index (χ1v) is 10.1. The molecule has 1 heterocycles. The van der Waals surface area contributed by atoms with Crippen molar-refractivity contribution in [2.24, 2.45) is 0 Å². The van der Waals surface area contributed by atoms with Gasteiger partial charge in [-0.1, -0.05) is 18.2 Å². The number of nitrogens with zero attached hydrogens (tertiary/aromatic N) is 3. The van der Waals surface area contributed by atoms with Crippen molar-refractivity contribution in [2.75, 3.05) is 59.2 Å². The van der Waals surface area contributed by atoms with E-state index in [0.717, 1.165) is 19.6 Å². The molecule has 0 N–H and O–H groups in total. The molecule has 1 aliphatic rings. The molecule has 25 heavy (non-hydrogen) atoms. The van der Waals surface area contributed by atoms with E-state index in [4.69, 9.17) is 4.74 Å². The van der Waals surface area contributed by atoms with Crippen LogP contribution >= 0.6 is 0 Å². The topological polar surface area (TPSA) is 70.2 Å². The third kappa shape index (κ3) is 6.30. The number of carbonyl (C=O) groups is 1. The van der Waals surface area contributed by atoms with E-state index >= 15 is 0 Å². The van der Waals surface area contributed by atoms with Gasteiger partial charge in [0.2, 0.25) is 10.0 Å². The summed E-state index contributed by atoms with van der Waals surface area (Å²) in [6.07, 6.45) is 0.603. The molecule has 0 saturated carbocycles. The van der Waals surface area contributed by atoms with Crippen LogP contribution < -0.4 is 4.74 Å². The van der Waals surface area contributed by atoms with Gasteiger partial charge in [0.25, 0.3) is 5.91 Å². The lowest BCUT2D eigenvalue weighted by Gasteiger charge is -2.34. The van der Waals surface area contributed by atoms with Crippen LogP contribution in [0.15, 0.2) is 30.3 Å². The van der Waals surface area contributed by atoms with Crippen molar-refractivity contribution in [3.63, 3.8) is 0 Å². The number of ether oxygens (including phenoxy) is 1. The molecule has 1 saturated heterocycles. The summed E-state index contributed by atoms with van der Waals surface area (Å²) in [4.78, 5) is 16.2. The molecular weight excluding hydrogens is 342 g/mol. The third-order valence-corrected chi connectivity index (χ3v) is 6.18. The van der Waals surface area contributed by atoms with E-state index in [1.807, 2.05) is 30.3 Å². The fourth-order valence-corrected chi connectivity index (χ4v) is 3.49. The maximum absolute atomic E-state index is 12.2. The highest BCUT2D eigenvalue weighted by Gasteiger charge is 2.22. The second kappa shape index (κ2) is 9.17. The molecule has 1 amide bonds. The zero-order valence-electron chi connectivity index (χ0n) is 14.9. The predicted octanol–water partition coefficient (Wildman–Crippen LogP) is 0.491. The van der Waals surface area contributed by atoms with Crippen molar-refractivity contribution in [3.05, 3.63) is 30.3 Å². The minimum absolute atomic E-state index is 0.0151. The molecule has 0 unspecified atom stereocenters. The third-order valence-electron chi connectivity index (χ3n) is 4.26. The van der Waals surface area contributed by atoms with Gasteiger partial charge in [0.1, 0.15) is 5.75 Å². The van der Waals surface area contributed by atoms with Gasteiger partial charge in [-0.05, 0) is 25.1 Å². The van der Waals surface area contributed by atoms with Crippen molar-refractivity contribution < 1.29 is 17.9 Å². The summed E-state index contributed by atoms with van der Waals surface area (Å²) in [6.45, 7) is 3.60. The second-order valence-corrected chi connectivity index (χ2v) is 8.58. The minimum Gasteiger partial charge on any atom is -0.484 e. The summed E-state index contributed by atoms with van der Waals surface area (Å²) in [6, 6.07) is 9.29. The Labute approximate surface area is 150 Å². The summed E-state index contributed by atoms with van der Waals surface area (Å²) in [5.41, 5.74) is 0. The summed E-state index contributed by atoms with van der Waals surface area (Å²) in [7, 11) is -0.0257. The van der Waals surface area contributed by atoms with E-state index in [9.17, 15) is 13.2 Å². The largest absolute Gasteiger partial charge is 0.484 e. The SMILES string of the molecule is CN(C)S(=O)(=O)CCCN1CCN(C(=O)COc2ccccc2)CC1. The van der Waals surface area contributed by atoms with Crippen LogP contribution in [0.3, 0.4) is 0 Å². The molecule has 0 spiro atoms. The van der Waals surface area contributed by atoms with Gasteiger partial charge in [-0.3, -0.25) is 9.69 Å². The van der Waals surface area contributed by atoms with Gasteiger partial charge in [0.15, 0.2) is 6.61 Å². The van der Waals surface area contributed by atoms with E-state index < -0.39 is 10.0 Å². The van der Waals surface area contributed by atoms with Crippen molar-refractivity contribution in [2.45, 2.75) is 6.42 Å². The van der Waals surface area contributed by atoms with Crippen LogP contribution in [-0.2, 0) is 14.8 Å². The Hall–Kier alpha value is -1.64. The fourth-order valence-electron chi connectivity index (χ4n) is 2.63. The number of para-hydroxylation sites is 1.